The van der Waals surface area contributed by atoms with Crippen molar-refractivity contribution in [1.82, 2.24) is 0 Å². The van der Waals surface area contributed by atoms with Crippen LogP contribution in [0.3, 0.4) is 0 Å². The Hall–Kier alpha value is -2.60. The summed E-state index contributed by atoms with van der Waals surface area (Å²) in [4.78, 5) is 3.57. The third-order valence-electron chi connectivity index (χ3n) is 4.08. The number of benzene rings is 2. The van der Waals surface area contributed by atoms with Gasteiger partial charge >= 0.3 is 0 Å². The monoisotopic (exact) mass is 351 g/mol. The number of allylic oxidation sites excluding steroid dienone is 2. The Morgan fingerprint density at radius 3 is 2.28 bits per heavy atom. The van der Waals surface area contributed by atoms with Crippen LogP contribution >= 0.6 is 12.2 Å². The topological polar surface area (TPSA) is 12.4 Å². The van der Waals surface area contributed by atoms with Gasteiger partial charge in [0.05, 0.1) is 16.4 Å². The summed E-state index contributed by atoms with van der Waals surface area (Å²) in [6.45, 7) is 0. The zero-order valence-corrected chi connectivity index (χ0v) is 14.3. The maximum Gasteiger partial charge on any atom is 0.143 e. The molecule has 0 saturated heterocycles. The first-order chi connectivity index (χ1) is 12.2. The summed E-state index contributed by atoms with van der Waals surface area (Å²) in [5.41, 5.74) is 3.06. The van der Waals surface area contributed by atoms with Crippen LogP contribution in [0.5, 0.6) is 0 Å². The Bertz CT molecular complexity index is 904. The second-order valence-corrected chi connectivity index (χ2v) is 5.97. The molecule has 2 aromatic rings. The molecule has 0 fully saturated rings. The van der Waals surface area contributed by atoms with E-state index in [1.807, 2.05) is 24.3 Å². The molecule has 0 spiro atoms. The highest BCUT2D eigenvalue weighted by molar-refractivity contribution is 7.78. The van der Waals surface area contributed by atoms with Crippen LogP contribution in [-0.2, 0) is 0 Å². The first-order valence-electron chi connectivity index (χ1n) is 8.06. The lowest BCUT2D eigenvalue weighted by molar-refractivity contribution is 0.578. The summed E-state index contributed by atoms with van der Waals surface area (Å²) >= 11 is 4.43. The molecular weight excluding hydrogens is 336 g/mol. The van der Waals surface area contributed by atoms with Crippen molar-refractivity contribution in [3.8, 4) is 11.8 Å². The SMILES string of the molecule is Fc1cc(N=C=S)cc(F)c1C#Cc1ccc(C2=CCCCC2)cc1. The van der Waals surface area contributed by atoms with Crippen molar-refractivity contribution in [3.05, 3.63) is 70.8 Å². The highest BCUT2D eigenvalue weighted by Crippen LogP contribution is 2.26. The lowest BCUT2D eigenvalue weighted by Gasteiger charge is -2.12. The zero-order chi connectivity index (χ0) is 17.6. The molecule has 0 aliphatic heterocycles. The van der Waals surface area contributed by atoms with Crippen LogP contribution in [0.25, 0.3) is 5.57 Å². The fourth-order valence-corrected chi connectivity index (χ4v) is 2.90. The summed E-state index contributed by atoms with van der Waals surface area (Å²) in [5.74, 6) is 3.84. The molecule has 0 radical (unpaired) electrons. The second kappa shape index (κ2) is 7.98. The van der Waals surface area contributed by atoms with Crippen molar-refractivity contribution in [3.63, 3.8) is 0 Å². The molecule has 4 heteroatoms. The molecular formula is C21H15F2NS. The van der Waals surface area contributed by atoms with E-state index in [-0.39, 0.29) is 11.3 Å². The van der Waals surface area contributed by atoms with Crippen molar-refractivity contribution in [2.75, 3.05) is 0 Å². The van der Waals surface area contributed by atoms with Gasteiger partial charge in [0.25, 0.3) is 0 Å². The third kappa shape index (κ3) is 4.28. The molecule has 0 unspecified atom stereocenters. The molecule has 1 aliphatic carbocycles. The minimum absolute atomic E-state index is 0.0839. The van der Waals surface area contributed by atoms with E-state index in [2.05, 4.69) is 40.3 Å². The number of halogens is 2. The van der Waals surface area contributed by atoms with Crippen molar-refractivity contribution < 1.29 is 8.78 Å². The molecule has 25 heavy (non-hydrogen) atoms. The van der Waals surface area contributed by atoms with E-state index in [4.69, 9.17) is 0 Å². The fourth-order valence-electron chi connectivity index (χ4n) is 2.80. The maximum atomic E-state index is 14.0. The van der Waals surface area contributed by atoms with Crippen molar-refractivity contribution in [2.45, 2.75) is 25.7 Å². The summed E-state index contributed by atoms with van der Waals surface area (Å²) in [7, 11) is 0. The Labute approximate surface area is 151 Å². The summed E-state index contributed by atoms with van der Waals surface area (Å²) < 4.78 is 27.9. The summed E-state index contributed by atoms with van der Waals surface area (Å²) in [6, 6.07) is 9.93. The van der Waals surface area contributed by atoms with E-state index in [0.717, 1.165) is 25.0 Å². The van der Waals surface area contributed by atoms with Gasteiger partial charge in [0.15, 0.2) is 0 Å². The second-order valence-electron chi connectivity index (χ2n) is 5.79. The van der Waals surface area contributed by atoms with Gasteiger partial charge in [-0.15, -0.1) is 0 Å². The van der Waals surface area contributed by atoms with Crippen LogP contribution in [0.15, 0.2) is 47.5 Å². The number of isothiocyanates is 1. The molecule has 2 aromatic carbocycles. The molecule has 0 heterocycles. The van der Waals surface area contributed by atoms with Crippen molar-refractivity contribution in [1.29, 1.82) is 0 Å². The van der Waals surface area contributed by atoms with Crippen LogP contribution < -0.4 is 0 Å². The predicted molar refractivity (Wildman–Crippen MR) is 99.9 cm³/mol. The minimum atomic E-state index is -0.763. The molecule has 0 saturated carbocycles. The molecule has 124 valence electrons. The van der Waals surface area contributed by atoms with E-state index in [1.54, 1.807) is 0 Å². The van der Waals surface area contributed by atoms with Gasteiger partial charge in [-0.3, -0.25) is 0 Å². The van der Waals surface area contributed by atoms with E-state index in [0.29, 0.717) is 5.56 Å². The highest BCUT2D eigenvalue weighted by Gasteiger charge is 2.09. The molecule has 0 N–H and O–H groups in total. The van der Waals surface area contributed by atoms with Crippen LogP contribution in [0.2, 0.25) is 0 Å². The normalized spacial score (nSPS) is 13.3. The number of thiocarbonyl (C=S) groups is 1. The van der Waals surface area contributed by atoms with Crippen molar-refractivity contribution >= 4 is 28.6 Å². The molecule has 3 rings (SSSR count). The Kier molecular flexibility index (Phi) is 5.50. The average Bonchev–Trinajstić information content (AvgIpc) is 2.62. The smallest absolute Gasteiger partial charge is 0.143 e. The van der Waals surface area contributed by atoms with Crippen molar-refractivity contribution in [2.24, 2.45) is 4.99 Å². The number of aliphatic imine (C=N–C) groups is 1. The van der Waals surface area contributed by atoms with E-state index in [9.17, 15) is 8.78 Å². The molecule has 0 bridgehead atoms. The van der Waals surface area contributed by atoms with Gasteiger partial charge in [-0.25, -0.2) is 8.78 Å². The van der Waals surface area contributed by atoms with E-state index in [1.165, 1.54) is 24.0 Å². The summed E-state index contributed by atoms with van der Waals surface area (Å²) in [6.07, 6.45) is 6.96. The van der Waals surface area contributed by atoms with Gasteiger partial charge in [-0.1, -0.05) is 30.0 Å². The standard InChI is InChI=1S/C21H15F2NS/c22-20-12-18(24-14-25)13-21(23)19(20)11-8-15-6-9-17(10-7-15)16-4-2-1-3-5-16/h4,6-7,9-10,12-13H,1-3,5H2. The first kappa shape index (κ1) is 17.2. The van der Waals surface area contributed by atoms with Gasteiger partial charge in [-0.2, -0.15) is 4.99 Å². The molecule has 0 aromatic heterocycles. The zero-order valence-electron chi connectivity index (χ0n) is 13.5. The van der Waals surface area contributed by atoms with Gasteiger partial charge in [0.2, 0.25) is 0 Å². The molecule has 0 atom stereocenters. The minimum Gasteiger partial charge on any atom is -0.205 e. The quantitative estimate of drug-likeness (QED) is 0.364. The Morgan fingerprint density at radius 1 is 0.960 bits per heavy atom. The number of hydrogen-bond donors (Lipinski definition) is 0. The maximum absolute atomic E-state index is 14.0. The predicted octanol–water partition coefficient (Wildman–Crippen LogP) is 6.06. The highest BCUT2D eigenvalue weighted by atomic mass is 32.1. The number of hydrogen-bond acceptors (Lipinski definition) is 2. The van der Waals surface area contributed by atoms with Gasteiger partial charge in [0.1, 0.15) is 11.6 Å². The van der Waals surface area contributed by atoms with E-state index < -0.39 is 11.6 Å². The average molecular weight is 351 g/mol. The lowest BCUT2D eigenvalue weighted by atomic mass is 9.93. The lowest BCUT2D eigenvalue weighted by Crippen LogP contribution is -1.92. The first-order valence-corrected chi connectivity index (χ1v) is 8.46. The molecule has 1 aliphatic rings. The van der Waals surface area contributed by atoms with Crippen LogP contribution in [0, 0.1) is 23.5 Å². The number of nitrogens with zero attached hydrogens (tertiary/aromatic N) is 1. The van der Waals surface area contributed by atoms with Gasteiger partial charge in [0, 0.05) is 17.7 Å². The van der Waals surface area contributed by atoms with Crippen LogP contribution in [-0.4, -0.2) is 5.16 Å². The fraction of sp³-hybridized carbons (Fsp3) is 0.190. The van der Waals surface area contributed by atoms with E-state index >= 15 is 0 Å². The summed E-state index contributed by atoms with van der Waals surface area (Å²) in [5, 5.41) is 2.08. The van der Waals surface area contributed by atoms with Crippen LogP contribution in [0.1, 0.15) is 42.4 Å². The Balaban J connectivity index is 1.84. The third-order valence-corrected chi connectivity index (χ3v) is 4.17. The van der Waals surface area contributed by atoms with Gasteiger partial charge < -0.3 is 0 Å². The Morgan fingerprint density at radius 2 is 1.68 bits per heavy atom. The molecule has 1 nitrogen and oxygen atoms in total. The van der Waals surface area contributed by atoms with Gasteiger partial charge in [-0.05, 0) is 61.2 Å². The number of rotatable bonds is 2. The van der Waals surface area contributed by atoms with Crippen LogP contribution in [0.4, 0.5) is 14.5 Å². The molecule has 0 amide bonds. The largest absolute Gasteiger partial charge is 0.205 e.